The van der Waals surface area contributed by atoms with Crippen molar-refractivity contribution in [1.82, 2.24) is 10.9 Å². The van der Waals surface area contributed by atoms with Crippen molar-refractivity contribution >= 4 is 17.2 Å². The monoisotopic (exact) mass is 276 g/mol. The van der Waals surface area contributed by atoms with Crippen molar-refractivity contribution in [2.75, 3.05) is 6.79 Å². The number of fused-ring (bicyclic) bond motifs is 1. The van der Waals surface area contributed by atoms with Gasteiger partial charge in [0.2, 0.25) is 6.79 Å². The summed E-state index contributed by atoms with van der Waals surface area (Å²) in [6.45, 7) is 0.811. The maximum atomic E-state index is 11.9. The first-order chi connectivity index (χ1) is 9.33. The minimum Gasteiger partial charge on any atom is -0.454 e. The summed E-state index contributed by atoms with van der Waals surface area (Å²) in [5.41, 5.74) is 6.07. The molecule has 3 rings (SSSR count). The van der Waals surface area contributed by atoms with E-state index in [1.807, 2.05) is 17.5 Å². The van der Waals surface area contributed by atoms with E-state index in [9.17, 15) is 4.79 Å². The Hall–Kier alpha value is -2.05. The van der Waals surface area contributed by atoms with Gasteiger partial charge < -0.3 is 9.47 Å². The zero-order valence-corrected chi connectivity index (χ0v) is 10.8. The Kier molecular flexibility index (Phi) is 3.35. The lowest BCUT2D eigenvalue weighted by Gasteiger charge is -2.06. The van der Waals surface area contributed by atoms with Crippen LogP contribution in [0.3, 0.4) is 0 Å². The van der Waals surface area contributed by atoms with Crippen molar-refractivity contribution in [3.05, 3.63) is 46.2 Å². The Morgan fingerprint density at radius 1 is 1.26 bits per heavy atom. The average Bonchev–Trinajstić information content (AvgIpc) is 3.08. The van der Waals surface area contributed by atoms with Crippen molar-refractivity contribution in [3.63, 3.8) is 0 Å². The van der Waals surface area contributed by atoms with Gasteiger partial charge in [-0.05, 0) is 29.6 Å². The van der Waals surface area contributed by atoms with E-state index >= 15 is 0 Å². The van der Waals surface area contributed by atoms with Gasteiger partial charge in [-0.2, -0.15) is 0 Å². The summed E-state index contributed by atoms with van der Waals surface area (Å²) in [7, 11) is 0. The molecule has 0 fully saturated rings. The van der Waals surface area contributed by atoms with Gasteiger partial charge in [0.25, 0.3) is 5.91 Å². The van der Waals surface area contributed by atoms with Gasteiger partial charge >= 0.3 is 0 Å². The number of hydrazine groups is 1. The molecule has 0 radical (unpaired) electrons. The first kappa shape index (κ1) is 12.0. The number of rotatable bonds is 4. The molecule has 5 nitrogen and oxygen atoms in total. The fraction of sp³-hybridized carbons (Fsp3) is 0.154. The van der Waals surface area contributed by atoms with Crippen LogP contribution >= 0.6 is 11.3 Å². The minimum absolute atomic E-state index is 0.199. The molecule has 0 saturated carbocycles. The molecule has 1 aromatic heterocycles. The molecular weight excluding hydrogens is 264 g/mol. The fourth-order valence-electron chi connectivity index (χ4n) is 1.73. The third kappa shape index (κ3) is 2.69. The molecule has 19 heavy (non-hydrogen) atoms. The number of thiophene rings is 1. The Morgan fingerprint density at radius 2 is 2.16 bits per heavy atom. The molecule has 1 amide bonds. The van der Waals surface area contributed by atoms with Gasteiger partial charge in [-0.3, -0.25) is 10.2 Å². The van der Waals surface area contributed by atoms with Crippen LogP contribution in [0.15, 0.2) is 35.7 Å². The maximum Gasteiger partial charge on any atom is 0.265 e. The van der Waals surface area contributed by atoms with E-state index in [-0.39, 0.29) is 12.7 Å². The maximum absolute atomic E-state index is 11.9. The lowest BCUT2D eigenvalue weighted by molar-refractivity contribution is 0.0932. The first-order valence-corrected chi connectivity index (χ1v) is 6.66. The van der Waals surface area contributed by atoms with Crippen LogP contribution in [0.1, 0.15) is 15.2 Å². The molecule has 0 aliphatic carbocycles. The molecule has 0 saturated heterocycles. The Balaban J connectivity index is 1.58. The number of amides is 1. The Morgan fingerprint density at radius 3 is 3.00 bits per heavy atom. The zero-order valence-electron chi connectivity index (χ0n) is 10.0. The van der Waals surface area contributed by atoms with Gasteiger partial charge in [-0.1, -0.05) is 6.07 Å². The van der Waals surface area contributed by atoms with Crippen LogP contribution in [-0.4, -0.2) is 12.7 Å². The van der Waals surface area contributed by atoms with Gasteiger partial charge in [0, 0.05) is 17.0 Å². The second-order valence-corrected chi connectivity index (χ2v) is 4.99. The lowest BCUT2D eigenvalue weighted by Crippen LogP contribution is -2.36. The third-order valence-corrected chi connectivity index (χ3v) is 3.56. The topological polar surface area (TPSA) is 59.6 Å². The molecule has 1 aromatic carbocycles. The predicted molar refractivity (Wildman–Crippen MR) is 71.2 cm³/mol. The minimum atomic E-state index is -0.199. The van der Waals surface area contributed by atoms with Gasteiger partial charge in [0.05, 0.1) is 0 Å². The van der Waals surface area contributed by atoms with E-state index in [4.69, 9.17) is 9.47 Å². The van der Waals surface area contributed by atoms with Gasteiger partial charge in [0.1, 0.15) is 0 Å². The van der Waals surface area contributed by atoms with Crippen molar-refractivity contribution in [3.8, 4) is 11.5 Å². The van der Waals surface area contributed by atoms with E-state index in [1.54, 1.807) is 29.5 Å². The molecule has 0 atom stereocenters. The SMILES string of the molecule is O=C(NNCc1cccs1)c1ccc2c(c1)OCO2. The summed E-state index contributed by atoms with van der Waals surface area (Å²) >= 11 is 1.64. The number of benzene rings is 1. The summed E-state index contributed by atoms with van der Waals surface area (Å²) in [6.07, 6.45) is 0. The van der Waals surface area contributed by atoms with Crippen molar-refractivity contribution in [2.45, 2.75) is 6.54 Å². The van der Waals surface area contributed by atoms with E-state index < -0.39 is 0 Å². The quantitative estimate of drug-likeness (QED) is 0.838. The van der Waals surface area contributed by atoms with Gasteiger partial charge in [0.15, 0.2) is 11.5 Å². The second-order valence-electron chi connectivity index (χ2n) is 3.96. The van der Waals surface area contributed by atoms with Crippen LogP contribution in [-0.2, 0) is 6.54 Å². The van der Waals surface area contributed by atoms with E-state index in [2.05, 4.69) is 10.9 Å². The fourth-order valence-corrected chi connectivity index (χ4v) is 2.38. The lowest BCUT2D eigenvalue weighted by atomic mass is 10.2. The molecular formula is C13H12N2O3S. The molecule has 0 spiro atoms. The Labute approximate surface area is 114 Å². The number of ether oxygens (including phenoxy) is 2. The third-order valence-electron chi connectivity index (χ3n) is 2.68. The highest BCUT2D eigenvalue weighted by Gasteiger charge is 2.15. The van der Waals surface area contributed by atoms with E-state index in [0.29, 0.717) is 23.6 Å². The zero-order chi connectivity index (χ0) is 13.1. The molecule has 6 heteroatoms. The number of carbonyl (C=O) groups is 1. The van der Waals surface area contributed by atoms with Crippen LogP contribution < -0.4 is 20.3 Å². The summed E-state index contributed by atoms with van der Waals surface area (Å²) in [4.78, 5) is 13.1. The Bertz CT molecular complexity index is 584. The van der Waals surface area contributed by atoms with Crippen LogP contribution in [0, 0.1) is 0 Å². The highest BCUT2D eigenvalue weighted by molar-refractivity contribution is 7.09. The van der Waals surface area contributed by atoms with Crippen LogP contribution in [0.2, 0.25) is 0 Å². The average molecular weight is 276 g/mol. The smallest absolute Gasteiger partial charge is 0.265 e. The predicted octanol–water partition coefficient (Wildman–Crippen LogP) is 1.91. The summed E-state index contributed by atoms with van der Waals surface area (Å²) < 4.78 is 10.4. The molecule has 1 aliphatic rings. The largest absolute Gasteiger partial charge is 0.454 e. The summed E-state index contributed by atoms with van der Waals surface area (Å²) in [5.74, 6) is 1.07. The number of hydrogen-bond donors (Lipinski definition) is 2. The number of carbonyl (C=O) groups excluding carboxylic acids is 1. The van der Waals surface area contributed by atoms with E-state index in [0.717, 1.165) is 4.88 Å². The summed E-state index contributed by atoms with van der Waals surface area (Å²) in [6, 6.07) is 9.09. The van der Waals surface area contributed by atoms with Gasteiger partial charge in [-0.25, -0.2) is 5.43 Å². The van der Waals surface area contributed by atoms with Crippen molar-refractivity contribution < 1.29 is 14.3 Å². The molecule has 2 N–H and O–H groups in total. The molecule has 2 aromatic rings. The van der Waals surface area contributed by atoms with Crippen molar-refractivity contribution in [1.29, 1.82) is 0 Å². The molecule has 98 valence electrons. The molecule has 1 aliphatic heterocycles. The molecule has 0 bridgehead atoms. The standard InChI is InChI=1S/C13H12N2O3S/c16-13(15-14-7-10-2-1-5-19-10)9-3-4-11-12(6-9)18-8-17-11/h1-6,14H,7-8H2,(H,15,16). The highest BCUT2D eigenvalue weighted by atomic mass is 32.1. The number of nitrogens with one attached hydrogen (secondary N) is 2. The van der Waals surface area contributed by atoms with Crippen LogP contribution in [0.5, 0.6) is 11.5 Å². The first-order valence-electron chi connectivity index (χ1n) is 5.78. The van der Waals surface area contributed by atoms with Crippen LogP contribution in [0.4, 0.5) is 0 Å². The van der Waals surface area contributed by atoms with Crippen molar-refractivity contribution in [2.24, 2.45) is 0 Å². The number of hydrogen-bond acceptors (Lipinski definition) is 5. The normalized spacial score (nSPS) is 12.4. The van der Waals surface area contributed by atoms with Gasteiger partial charge in [-0.15, -0.1) is 11.3 Å². The van der Waals surface area contributed by atoms with Crippen LogP contribution in [0.25, 0.3) is 0 Å². The molecule has 0 unspecified atom stereocenters. The summed E-state index contributed by atoms with van der Waals surface area (Å²) in [5, 5.41) is 2.00. The molecule has 2 heterocycles. The van der Waals surface area contributed by atoms with E-state index in [1.165, 1.54) is 0 Å². The second kappa shape index (κ2) is 5.29. The highest BCUT2D eigenvalue weighted by Crippen LogP contribution is 2.32.